The summed E-state index contributed by atoms with van der Waals surface area (Å²) in [4.78, 5) is 23.3. The number of aliphatic hydroxyl groups is 1. The van der Waals surface area contributed by atoms with Gasteiger partial charge in [0, 0.05) is 0 Å². The number of hydrogen-bond donors (Lipinski definition) is 2. The molecule has 1 atom stereocenters. The van der Waals surface area contributed by atoms with Crippen LogP contribution in [0.25, 0.3) is 0 Å². The molecule has 1 aromatic heterocycles. The van der Waals surface area contributed by atoms with E-state index in [1.807, 2.05) is 6.92 Å². The van der Waals surface area contributed by atoms with Crippen LogP contribution in [0.1, 0.15) is 21.6 Å². The van der Waals surface area contributed by atoms with E-state index in [1.54, 1.807) is 24.3 Å². The first-order valence-electron chi connectivity index (χ1n) is 7.58. The fraction of sp³-hybridized carbons (Fsp3) is 0.294. The van der Waals surface area contributed by atoms with E-state index in [1.165, 1.54) is 0 Å². The summed E-state index contributed by atoms with van der Waals surface area (Å²) in [6.07, 6.45) is -6.26. The van der Waals surface area contributed by atoms with Crippen LogP contribution in [0.2, 0.25) is 0 Å². The van der Waals surface area contributed by atoms with Crippen molar-refractivity contribution in [3.05, 3.63) is 63.6 Å². The van der Waals surface area contributed by atoms with Crippen LogP contribution >= 0.6 is 0 Å². The number of aryl methyl sites for hydroxylation is 1. The number of nitrogens with zero attached hydrogens (tertiary/aromatic N) is 1. The van der Waals surface area contributed by atoms with E-state index >= 15 is 0 Å². The maximum Gasteiger partial charge on any atom is 0.431 e. The SMILES string of the molecule is Cc1ccc(OC[C@H](O)Cn2c(C(F)(F)F)ccc(C(N)=O)c2=O)cc1. The van der Waals surface area contributed by atoms with Gasteiger partial charge in [0.2, 0.25) is 0 Å². The molecule has 3 N–H and O–H groups in total. The minimum Gasteiger partial charge on any atom is -0.491 e. The highest BCUT2D eigenvalue weighted by Crippen LogP contribution is 2.28. The second kappa shape index (κ2) is 7.61. The van der Waals surface area contributed by atoms with E-state index in [0.29, 0.717) is 11.8 Å². The zero-order valence-electron chi connectivity index (χ0n) is 13.8. The van der Waals surface area contributed by atoms with Crippen LogP contribution in [-0.2, 0) is 12.7 Å². The Bertz CT molecular complexity index is 845. The van der Waals surface area contributed by atoms with Crippen molar-refractivity contribution in [2.75, 3.05) is 6.61 Å². The van der Waals surface area contributed by atoms with Crippen LogP contribution in [0, 0.1) is 6.92 Å². The molecule has 0 spiro atoms. The lowest BCUT2D eigenvalue weighted by Gasteiger charge is -2.19. The summed E-state index contributed by atoms with van der Waals surface area (Å²) in [6.45, 7) is 0.823. The highest BCUT2D eigenvalue weighted by atomic mass is 19.4. The molecule has 0 saturated heterocycles. The van der Waals surface area contributed by atoms with Gasteiger partial charge in [0.05, 0.1) is 6.54 Å². The molecule has 1 aromatic carbocycles. The molecule has 0 aliphatic carbocycles. The number of pyridine rings is 1. The molecule has 0 saturated carbocycles. The number of benzene rings is 1. The number of rotatable bonds is 6. The lowest BCUT2D eigenvalue weighted by molar-refractivity contribution is -0.144. The molecule has 140 valence electrons. The highest BCUT2D eigenvalue weighted by Gasteiger charge is 2.35. The number of primary amides is 1. The van der Waals surface area contributed by atoms with Crippen LogP contribution in [0.5, 0.6) is 5.75 Å². The Hall–Kier alpha value is -2.81. The Labute approximate surface area is 146 Å². The summed E-state index contributed by atoms with van der Waals surface area (Å²) in [5.41, 5.74) is 2.88. The molecule has 0 aliphatic heterocycles. The minimum atomic E-state index is -4.84. The standard InChI is InChI=1S/C17H17F3N2O4/c1-10-2-4-12(5-3-10)26-9-11(23)8-22-14(17(18,19)20)7-6-13(15(21)24)16(22)25/h2-7,11,23H,8-9H2,1H3,(H2,21,24)/t11-/m1/s1. The minimum absolute atomic E-state index is 0.281. The summed E-state index contributed by atoms with van der Waals surface area (Å²) >= 11 is 0. The normalized spacial score (nSPS) is 12.7. The lowest BCUT2D eigenvalue weighted by Crippen LogP contribution is -2.37. The number of halogens is 3. The van der Waals surface area contributed by atoms with Crippen molar-refractivity contribution in [1.82, 2.24) is 4.57 Å². The molecule has 2 rings (SSSR count). The van der Waals surface area contributed by atoms with Gasteiger partial charge < -0.3 is 20.1 Å². The summed E-state index contributed by atoms with van der Waals surface area (Å²) in [5.74, 6) is -0.730. The fourth-order valence-corrected chi connectivity index (χ4v) is 2.28. The van der Waals surface area contributed by atoms with Gasteiger partial charge >= 0.3 is 6.18 Å². The van der Waals surface area contributed by atoms with Gasteiger partial charge in [-0.15, -0.1) is 0 Å². The number of alkyl halides is 3. The van der Waals surface area contributed by atoms with Crippen LogP contribution in [0.4, 0.5) is 13.2 Å². The van der Waals surface area contributed by atoms with Crippen molar-refractivity contribution >= 4 is 5.91 Å². The summed E-state index contributed by atoms with van der Waals surface area (Å²) < 4.78 is 44.9. The molecule has 9 heteroatoms. The molecule has 0 unspecified atom stereocenters. The van der Waals surface area contributed by atoms with Crippen molar-refractivity contribution in [2.45, 2.75) is 25.7 Å². The molecule has 1 amide bonds. The molecular weight excluding hydrogens is 353 g/mol. The lowest BCUT2D eigenvalue weighted by atomic mass is 10.2. The molecule has 0 fully saturated rings. The molecule has 26 heavy (non-hydrogen) atoms. The number of carbonyl (C=O) groups is 1. The van der Waals surface area contributed by atoms with Gasteiger partial charge in [0.25, 0.3) is 11.5 Å². The monoisotopic (exact) mass is 370 g/mol. The Morgan fingerprint density at radius 3 is 2.38 bits per heavy atom. The number of aliphatic hydroxyl groups excluding tert-OH is 1. The Morgan fingerprint density at radius 2 is 1.85 bits per heavy atom. The van der Waals surface area contributed by atoms with Crippen molar-refractivity contribution < 1.29 is 27.8 Å². The second-order valence-electron chi connectivity index (χ2n) is 5.69. The topological polar surface area (TPSA) is 94.5 Å². The van der Waals surface area contributed by atoms with Crippen LogP contribution < -0.4 is 16.0 Å². The number of hydrogen-bond acceptors (Lipinski definition) is 4. The molecule has 1 heterocycles. The largest absolute Gasteiger partial charge is 0.491 e. The van der Waals surface area contributed by atoms with Crippen LogP contribution in [0.15, 0.2) is 41.2 Å². The molecule has 2 aromatic rings. The summed E-state index contributed by atoms with van der Waals surface area (Å²) in [6, 6.07) is 8.12. The van der Waals surface area contributed by atoms with E-state index in [2.05, 4.69) is 0 Å². The van der Waals surface area contributed by atoms with Gasteiger partial charge in [0.1, 0.15) is 29.7 Å². The second-order valence-corrected chi connectivity index (χ2v) is 5.69. The molecule has 0 bridgehead atoms. The average molecular weight is 370 g/mol. The van der Waals surface area contributed by atoms with Gasteiger partial charge in [-0.05, 0) is 31.2 Å². The smallest absolute Gasteiger partial charge is 0.431 e. The predicted octanol–water partition coefficient (Wildman–Crippen LogP) is 1.71. The third kappa shape index (κ3) is 4.63. The molecular formula is C17H17F3N2O4. The first kappa shape index (κ1) is 19.5. The van der Waals surface area contributed by atoms with Crippen molar-refractivity contribution in [3.8, 4) is 5.75 Å². The van der Waals surface area contributed by atoms with Crippen molar-refractivity contribution in [1.29, 1.82) is 0 Å². The maximum absolute atomic E-state index is 13.1. The zero-order valence-corrected chi connectivity index (χ0v) is 13.8. The molecule has 6 nitrogen and oxygen atoms in total. The van der Waals surface area contributed by atoms with Gasteiger partial charge in [-0.1, -0.05) is 17.7 Å². The number of carbonyl (C=O) groups excluding carboxylic acids is 1. The zero-order chi connectivity index (χ0) is 19.5. The van der Waals surface area contributed by atoms with Crippen LogP contribution in [0.3, 0.4) is 0 Å². The quantitative estimate of drug-likeness (QED) is 0.809. The highest BCUT2D eigenvalue weighted by molar-refractivity contribution is 5.92. The third-order valence-electron chi connectivity index (χ3n) is 3.59. The summed E-state index contributed by atoms with van der Waals surface area (Å²) in [7, 11) is 0. The van der Waals surface area contributed by atoms with E-state index in [0.717, 1.165) is 11.6 Å². The van der Waals surface area contributed by atoms with E-state index in [4.69, 9.17) is 10.5 Å². The van der Waals surface area contributed by atoms with E-state index < -0.39 is 41.5 Å². The van der Waals surface area contributed by atoms with Crippen LogP contribution in [-0.4, -0.2) is 28.3 Å². The first-order chi connectivity index (χ1) is 12.1. The maximum atomic E-state index is 13.1. The van der Waals surface area contributed by atoms with E-state index in [-0.39, 0.29) is 11.2 Å². The van der Waals surface area contributed by atoms with Gasteiger partial charge in [0.15, 0.2) is 0 Å². The Balaban J connectivity index is 2.23. The number of ether oxygens (including phenoxy) is 1. The Kier molecular flexibility index (Phi) is 5.71. The van der Waals surface area contributed by atoms with Crippen molar-refractivity contribution in [3.63, 3.8) is 0 Å². The number of nitrogens with two attached hydrogens (primary N) is 1. The third-order valence-corrected chi connectivity index (χ3v) is 3.59. The molecule has 0 radical (unpaired) electrons. The van der Waals surface area contributed by atoms with E-state index in [9.17, 15) is 27.9 Å². The average Bonchev–Trinajstić information content (AvgIpc) is 2.54. The number of aromatic nitrogens is 1. The number of amides is 1. The predicted molar refractivity (Wildman–Crippen MR) is 86.9 cm³/mol. The first-order valence-corrected chi connectivity index (χ1v) is 7.58. The van der Waals surface area contributed by atoms with Gasteiger partial charge in [-0.2, -0.15) is 13.2 Å². The fourth-order valence-electron chi connectivity index (χ4n) is 2.28. The molecule has 0 aliphatic rings. The van der Waals surface area contributed by atoms with Crippen molar-refractivity contribution in [2.24, 2.45) is 5.73 Å². The Morgan fingerprint density at radius 1 is 1.23 bits per heavy atom. The summed E-state index contributed by atoms with van der Waals surface area (Å²) in [5, 5.41) is 9.99. The van der Waals surface area contributed by atoms with Gasteiger partial charge in [-0.3, -0.25) is 9.59 Å². The van der Waals surface area contributed by atoms with Gasteiger partial charge in [-0.25, -0.2) is 0 Å².